The van der Waals surface area contributed by atoms with Crippen molar-refractivity contribution in [2.24, 2.45) is 0 Å². The second-order valence-electron chi connectivity index (χ2n) is 2.42. The van der Waals surface area contributed by atoms with Crippen LogP contribution in [0.2, 0.25) is 0 Å². The zero-order chi connectivity index (χ0) is 8.72. The molecular weight excluding hydrogens is 158 g/mol. The van der Waals surface area contributed by atoms with Crippen molar-refractivity contribution in [2.75, 3.05) is 5.73 Å². The molecule has 0 aliphatic heterocycles. The van der Waals surface area contributed by atoms with Crippen molar-refractivity contribution in [3.05, 3.63) is 38.8 Å². The molecule has 4 heteroatoms. The Morgan fingerprint density at radius 3 is 2.50 bits per heavy atom. The summed E-state index contributed by atoms with van der Waals surface area (Å²) in [5.74, 6) is 0.358. The molecule has 0 saturated carbocycles. The fraction of sp³-hybridized carbons (Fsp3) is 0. The predicted octanol–water partition coefficient (Wildman–Crippen LogP) is 0.125. The molecule has 0 amide bonds. The second-order valence-corrected chi connectivity index (χ2v) is 2.42. The molecule has 1 heterocycles. The first kappa shape index (κ1) is 6.84. The number of hydrogen-bond donors (Lipinski definition) is 1. The van der Waals surface area contributed by atoms with Gasteiger partial charge in [-0.25, -0.2) is 0 Å². The van der Waals surface area contributed by atoms with Gasteiger partial charge < -0.3 is 10.2 Å². The SMILES string of the molecule is Nc1c(-c2ccco2)c(=O)c1=O. The predicted molar refractivity (Wildman–Crippen MR) is 43.5 cm³/mol. The van der Waals surface area contributed by atoms with Gasteiger partial charge in [-0.2, -0.15) is 0 Å². The maximum atomic E-state index is 10.9. The molecular formula is C8H5NO3. The van der Waals surface area contributed by atoms with Gasteiger partial charge in [0, 0.05) is 0 Å². The second kappa shape index (κ2) is 2.07. The van der Waals surface area contributed by atoms with Crippen LogP contribution >= 0.6 is 0 Å². The summed E-state index contributed by atoms with van der Waals surface area (Å²) >= 11 is 0. The van der Waals surface area contributed by atoms with Crippen molar-refractivity contribution in [1.29, 1.82) is 0 Å². The molecule has 0 atom stereocenters. The van der Waals surface area contributed by atoms with Gasteiger partial charge in [0.15, 0.2) is 0 Å². The minimum Gasteiger partial charge on any atom is -0.464 e. The lowest BCUT2D eigenvalue weighted by atomic mass is 10.1. The molecule has 0 unspecified atom stereocenters. The van der Waals surface area contributed by atoms with Crippen LogP contribution in [0.25, 0.3) is 11.3 Å². The van der Waals surface area contributed by atoms with Crippen LogP contribution in [-0.4, -0.2) is 0 Å². The van der Waals surface area contributed by atoms with Gasteiger partial charge >= 0.3 is 0 Å². The Bertz CT molecular complexity index is 474. The Morgan fingerprint density at radius 1 is 1.25 bits per heavy atom. The van der Waals surface area contributed by atoms with E-state index in [1.807, 2.05) is 0 Å². The fourth-order valence-corrected chi connectivity index (χ4v) is 1.07. The molecule has 2 aromatic rings. The van der Waals surface area contributed by atoms with E-state index in [9.17, 15) is 9.59 Å². The minimum absolute atomic E-state index is 0.00468. The lowest BCUT2D eigenvalue weighted by Gasteiger charge is -2.01. The lowest BCUT2D eigenvalue weighted by Crippen LogP contribution is -2.35. The van der Waals surface area contributed by atoms with Crippen molar-refractivity contribution >= 4 is 5.69 Å². The zero-order valence-corrected chi connectivity index (χ0v) is 6.03. The summed E-state index contributed by atoms with van der Waals surface area (Å²) in [7, 11) is 0. The standard InChI is InChI=1S/C8H5NO3/c9-6-5(7(10)8(6)11)4-2-1-3-12-4/h1-3H,9H2. The van der Waals surface area contributed by atoms with Crippen LogP contribution in [0.15, 0.2) is 32.4 Å². The monoisotopic (exact) mass is 163 g/mol. The van der Waals surface area contributed by atoms with Crippen molar-refractivity contribution in [3.63, 3.8) is 0 Å². The third-order valence-electron chi connectivity index (χ3n) is 1.71. The number of hydrogen-bond acceptors (Lipinski definition) is 4. The summed E-state index contributed by atoms with van der Waals surface area (Å²) in [6.45, 7) is 0. The highest BCUT2D eigenvalue weighted by Gasteiger charge is 2.20. The fourth-order valence-electron chi connectivity index (χ4n) is 1.07. The summed E-state index contributed by atoms with van der Waals surface area (Å²) in [5.41, 5.74) is 4.30. The zero-order valence-electron chi connectivity index (χ0n) is 6.03. The van der Waals surface area contributed by atoms with Crippen molar-refractivity contribution in [2.45, 2.75) is 0 Å². The number of nitrogens with two attached hydrogens (primary N) is 1. The Hall–Kier alpha value is -1.84. The van der Waals surface area contributed by atoms with Gasteiger partial charge in [0.2, 0.25) is 10.9 Å². The normalized spacial score (nSPS) is 10.7. The van der Waals surface area contributed by atoms with E-state index in [0.29, 0.717) is 5.76 Å². The smallest absolute Gasteiger partial charge is 0.250 e. The molecule has 0 bridgehead atoms. The number of furan rings is 1. The average molecular weight is 163 g/mol. The van der Waals surface area contributed by atoms with Gasteiger partial charge in [-0.3, -0.25) is 9.59 Å². The highest BCUT2D eigenvalue weighted by Crippen LogP contribution is 2.20. The Labute approximate surface area is 66.9 Å². The van der Waals surface area contributed by atoms with E-state index in [4.69, 9.17) is 10.2 Å². The number of anilines is 1. The first-order valence-corrected chi connectivity index (χ1v) is 3.34. The Morgan fingerprint density at radius 2 is 2.00 bits per heavy atom. The van der Waals surface area contributed by atoms with Gasteiger partial charge in [0.25, 0.3) is 0 Å². The van der Waals surface area contributed by atoms with Crippen molar-refractivity contribution < 1.29 is 4.42 Å². The van der Waals surface area contributed by atoms with E-state index in [1.165, 1.54) is 6.26 Å². The molecule has 2 N–H and O–H groups in total. The van der Waals surface area contributed by atoms with Gasteiger partial charge in [-0.05, 0) is 12.1 Å². The maximum Gasteiger partial charge on any atom is 0.250 e. The molecule has 4 nitrogen and oxygen atoms in total. The van der Waals surface area contributed by atoms with E-state index in [0.717, 1.165) is 0 Å². The quantitative estimate of drug-likeness (QED) is 0.606. The molecule has 0 saturated heterocycles. The largest absolute Gasteiger partial charge is 0.464 e. The van der Waals surface area contributed by atoms with Crippen LogP contribution in [0.5, 0.6) is 0 Å². The minimum atomic E-state index is -0.624. The van der Waals surface area contributed by atoms with Crippen molar-refractivity contribution in [3.8, 4) is 11.3 Å². The van der Waals surface area contributed by atoms with Gasteiger partial charge in [-0.15, -0.1) is 0 Å². The van der Waals surface area contributed by atoms with Crippen molar-refractivity contribution in [1.82, 2.24) is 0 Å². The van der Waals surface area contributed by atoms with Gasteiger partial charge in [-0.1, -0.05) is 0 Å². The highest BCUT2D eigenvalue weighted by molar-refractivity contribution is 5.76. The Kier molecular flexibility index (Phi) is 1.18. The van der Waals surface area contributed by atoms with E-state index < -0.39 is 10.9 Å². The van der Waals surface area contributed by atoms with E-state index >= 15 is 0 Å². The molecule has 1 aromatic heterocycles. The first-order valence-electron chi connectivity index (χ1n) is 3.34. The van der Waals surface area contributed by atoms with Crippen LogP contribution in [0.4, 0.5) is 5.69 Å². The van der Waals surface area contributed by atoms with Crippen LogP contribution in [0, 0.1) is 0 Å². The molecule has 0 aliphatic rings. The molecule has 1 aromatic carbocycles. The number of nitrogen functional groups attached to an aromatic ring is 1. The first-order chi connectivity index (χ1) is 5.72. The van der Waals surface area contributed by atoms with Crippen LogP contribution in [0.3, 0.4) is 0 Å². The third kappa shape index (κ3) is 0.661. The van der Waals surface area contributed by atoms with Gasteiger partial charge in [0.1, 0.15) is 5.76 Å². The molecule has 0 fully saturated rings. The lowest BCUT2D eigenvalue weighted by molar-refractivity contribution is 0.581. The third-order valence-corrected chi connectivity index (χ3v) is 1.71. The van der Waals surface area contributed by atoms with Crippen LogP contribution in [-0.2, 0) is 0 Å². The maximum absolute atomic E-state index is 10.9. The molecule has 60 valence electrons. The highest BCUT2D eigenvalue weighted by atomic mass is 16.3. The molecule has 12 heavy (non-hydrogen) atoms. The molecule has 0 radical (unpaired) electrons. The summed E-state index contributed by atoms with van der Waals surface area (Å²) in [4.78, 5) is 21.6. The topological polar surface area (TPSA) is 73.3 Å². The Balaban J connectivity index is 2.66. The van der Waals surface area contributed by atoms with E-state index in [2.05, 4.69) is 0 Å². The molecule has 2 rings (SSSR count). The summed E-state index contributed by atoms with van der Waals surface area (Å²) in [6, 6.07) is 3.22. The van der Waals surface area contributed by atoms with E-state index in [1.54, 1.807) is 12.1 Å². The van der Waals surface area contributed by atoms with Gasteiger partial charge in [0.05, 0.1) is 17.5 Å². The van der Waals surface area contributed by atoms with Crippen LogP contribution < -0.4 is 16.6 Å². The molecule has 0 aliphatic carbocycles. The summed E-state index contributed by atoms with van der Waals surface area (Å²) < 4.78 is 4.92. The average Bonchev–Trinajstić information content (AvgIpc) is 2.57. The number of rotatable bonds is 1. The summed E-state index contributed by atoms with van der Waals surface area (Å²) in [5, 5.41) is 0. The van der Waals surface area contributed by atoms with E-state index in [-0.39, 0.29) is 11.3 Å². The molecule has 0 spiro atoms. The summed E-state index contributed by atoms with van der Waals surface area (Å²) in [6.07, 6.45) is 1.42. The van der Waals surface area contributed by atoms with Crippen LogP contribution in [0.1, 0.15) is 0 Å².